The van der Waals surface area contributed by atoms with Crippen molar-refractivity contribution in [1.82, 2.24) is 15.3 Å². The highest BCUT2D eigenvalue weighted by atomic mass is 19.1. The number of pyridine rings is 2. The van der Waals surface area contributed by atoms with E-state index >= 15 is 0 Å². The number of amides is 3. The fourth-order valence-electron chi connectivity index (χ4n) is 3.67. The van der Waals surface area contributed by atoms with Crippen molar-refractivity contribution in [3.8, 4) is 28.3 Å². The number of ether oxygens (including phenoxy) is 1. The molecule has 0 radical (unpaired) electrons. The van der Waals surface area contributed by atoms with Crippen LogP contribution in [0.3, 0.4) is 0 Å². The largest absolute Gasteiger partial charge is 0.475 e. The minimum Gasteiger partial charge on any atom is -0.475 e. The van der Waals surface area contributed by atoms with Crippen LogP contribution in [0.5, 0.6) is 5.88 Å². The van der Waals surface area contributed by atoms with Gasteiger partial charge >= 0.3 is 6.03 Å². The number of anilines is 2. The highest BCUT2D eigenvalue weighted by Crippen LogP contribution is 2.34. The third kappa shape index (κ3) is 6.14. The molecule has 1 aromatic carbocycles. The minimum absolute atomic E-state index is 0.0340. The van der Waals surface area contributed by atoms with Crippen LogP contribution in [0.1, 0.15) is 25.3 Å². The van der Waals surface area contributed by atoms with Gasteiger partial charge in [0, 0.05) is 30.3 Å². The monoisotopic (exact) mass is 493 g/mol. The summed E-state index contributed by atoms with van der Waals surface area (Å²) in [5.41, 5.74) is 3.23. The van der Waals surface area contributed by atoms with E-state index < -0.39 is 11.8 Å². The Kier molecular flexibility index (Phi) is 7.74. The highest BCUT2D eigenvalue weighted by Gasteiger charge is 2.29. The molecule has 2 aromatic heterocycles. The molecule has 1 aliphatic carbocycles. The molecule has 0 spiro atoms. The van der Waals surface area contributed by atoms with Gasteiger partial charge in [0.2, 0.25) is 11.8 Å². The normalized spacial score (nSPS) is 12.7. The summed E-state index contributed by atoms with van der Waals surface area (Å²) in [6, 6.07) is 9.38. The van der Waals surface area contributed by atoms with Gasteiger partial charge in [-0.25, -0.2) is 19.2 Å². The minimum atomic E-state index is -0.557. The van der Waals surface area contributed by atoms with Gasteiger partial charge < -0.3 is 25.8 Å². The number of benzene rings is 1. The third-order valence-electron chi connectivity index (χ3n) is 5.61. The number of hydrogen-bond acceptors (Lipinski definition) is 6. The number of aryl methyl sites for hydroxylation is 1. The standard InChI is InChI=1S/C26H28FN5O4/c1-3-28-26(35)31-22-14-19(15(2)10-20(22)27)18-11-21(30-24(13-18)36-9-8-33)17-6-7-29-23(12-17)32-25(34)16-4-5-16/h6-7,10-14,16,33H,3-5,8-9H2,1-2H3,(H2,28,31,35)(H,29,32,34). The molecule has 1 fully saturated rings. The summed E-state index contributed by atoms with van der Waals surface area (Å²) in [6.07, 6.45) is 3.35. The molecule has 4 N–H and O–H groups in total. The van der Waals surface area contributed by atoms with Gasteiger partial charge in [-0.05, 0) is 73.7 Å². The molecule has 0 bridgehead atoms. The van der Waals surface area contributed by atoms with E-state index in [2.05, 4.69) is 25.9 Å². The number of aliphatic hydroxyl groups is 1. The molecule has 9 nitrogen and oxygen atoms in total. The first-order chi connectivity index (χ1) is 17.4. The third-order valence-corrected chi connectivity index (χ3v) is 5.61. The fraction of sp³-hybridized carbons (Fsp3) is 0.308. The Morgan fingerprint density at radius 3 is 2.67 bits per heavy atom. The van der Waals surface area contributed by atoms with E-state index in [4.69, 9.17) is 4.74 Å². The molecule has 1 saturated carbocycles. The molecular weight excluding hydrogens is 465 g/mol. The van der Waals surface area contributed by atoms with E-state index in [1.54, 1.807) is 44.3 Å². The number of nitrogens with one attached hydrogen (secondary N) is 3. The molecule has 0 aliphatic heterocycles. The number of nitrogens with zero attached hydrogens (tertiary/aromatic N) is 2. The van der Waals surface area contributed by atoms with Crippen LogP contribution in [-0.4, -0.2) is 46.8 Å². The van der Waals surface area contributed by atoms with E-state index in [-0.39, 0.29) is 36.6 Å². The van der Waals surface area contributed by atoms with Crippen molar-refractivity contribution in [3.63, 3.8) is 0 Å². The Hall–Kier alpha value is -4.05. The van der Waals surface area contributed by atoms with Crippen molar-refractivity contribution in [1.29, 1.82) is 0 Å². The maximum atomic E-state index is 14.6. The summed E-state index contributed by atoms with van der Waals surface area (Å²) in [7, 11) is 0. The maximum Gasteiger partial charge on any atom is 0.319 e. The zero-order chi connectivity index (χ0) is 25.7. The lowest BCUT2D eigenvalue weighted by molar-refractivity contribution is -0.117. The zero-order valence-corrected chi connectivity index (χ0v) is 20.1. The van der Waals surface area contributed by atoms with Gasteiger partial charge in [-0.15, -0.1) is 0 Å². The summed E-state index contributed by atoms with van der Waals surface area (Å²) < 4.78 is 20.2. The number of hydrogen-bond donors (Lipinski definition) is 4. The van der Waals surface area contributed by atoms with Crippen molar-refractivity contribution in [2.24, 2.45) is 5.92 Å². The number of aromatic nitrogens is 2. The van der Waals surface area contributed by atoms with Crippen LogP contribution in [0.15, 0.2) is 42.6 Å². The predicted molar refractivity (Wildman–Crippen MR) is 134 cm³/mol. The summed E-state index contributed by atoms with van der Waals surface area (Å²) in [4.78, 5) is 32.9. The summed E-state index contributed by atoms with van der Waals surface area (Å²) >= 11 is 0. The fourth-order valence-corrected chi connectivity index (χ4v) is 3.67. The van der Waals surface area contributed by atoms with Crippen LogP contribution < -0.4 is 20.7 Å². The molecule has 3 amide bonds. The maximum absolute atomic E-state index is 14.6. The van der Waals surface area contributed by atoms with E-state index in [9.17, 15) is 19.1 Å². The molecular formula is C26H28FN5O4. The molecule has 1 aliphatic rings. The molecule has 2 heterocycles. The van der Waals surface area contributed by atoms with E-state index in [0.29, 0.717) is 40.3 Å². The van der Waals surface area contributed by atoms with Gasteiger partial charge in [-0.1, -0.05) is 0 Å². The molecule has 0 saturated heterocycles. The second kappa shape index (κ2) is 11.1. The van der Waals surface area contributed by atoms with E-state index in [0.717, 1.165) is 12.8 Å². The Morgan fingerprint density at radius 2 is 1.94 bits per heavy atom. The lowest BCUT2D eigenvalue weighted by atomic mass is 9.98. The Labute approximate surface area is 208 Å². The zero-order valence-electron chi connectivity index (χ0n) is 20.1. The molecule has 188 valence electrons. The summed E-state index contributed by atoms with van der Waals surface area (Å²) in [6.45, 7) is 3.79. The lowest BCUT2D eigenvalue weighted by Gasteiger charge is -2.15. The second-order valence-electron chi connectivity index (χ2n) is 8.48. The number of urea groups is 1. The van der Waals surface area contributed by atoms with E-state index in [1.807, 2.05) is 6.07 Å². The van der Waals surface area contributed by atoms with Gasteiger partial charge in [-0.3, -0.25) is 4.79 Å². The average Bonchev–Trinajstić information content (AvgIpc) is 3.70. The van der Waals surface area contributed by atoms with Crippen molar-refractivity contribution >= 4 is 23.4 Å². The number of rotatable bonds is 9. The summed E-state index contributed by atoms with van der Waals surface area (Å²) in [5.74, 6) is 0.111. The van der Waals surface area contributed by atoms with Gasteiger partial charge in [0.25, 0.3) is 0 Å². The first kappa shape index (κ1) is 25.1. The van der Waals surface area contributed by atoms with Crippen molar-refractivity contribution in [2.45, 2.75) is 26.7 Å². The molecule has 0 unspecified atom stereocenters. The smallest absolute Gasteiger partial charge is 0.319 e. The van der Waals surface area contributed by atoms with E-state index in [1.165, 1.54) is 6.07 Å². The SMILES string of the molecule is CCNC(=O)Nc1cc(-c2cc(OCCO)nc(-c3ccnc(NC(=O)C4CC4)c3)c2)c(C)cc1F. The highest BCUT2D eigenvalue weighted by molar-refractivity contribution is 5.94. The lowest BCUT2D eigenvalue weighted by Crippen LogP contribution is -2.28. The average molecular weight is 494 g/mol. The number of carbonyl (C=O) groups is 2. The van der Waals surface area contributed by atoms with Crippen LogP contribution in [-0.2, 0) is 4.79 Å². The van der Waals surface area contributed by atoms with Crippen molar-refractivity contribution < 1.29 is 23.8 Å². The summed E-state index contributed by atoms with van der Waals surface area (Å²) in [5, 5.41) is 17.2. The van der Waals surface area contributed by atoms with Crippen molar-refractivity contribution in [3.05, 3.63) is 54.0 Å². The number of aliphatic hydroxyl groups excluding tert-OH is 1. The van der Waals surface area contributed by atoms with Crippen LogP contribution in [0, 0.1) is 18.7 Å². The van der Waals surface area contributed by atoms with Crippen LogP contribution in [0.4, 0.5) is 20.7 Å². The van der Waals surface area contributed by atoms with Crippen LogP contribution in [0.2, 0.25) is 0 Å². The van der Waals surface area contributed by atoms with Gasteiger partial charge in [0.05, 0.1) is 18.0 Å². The predicted octanol–water partition coefficient (Wildman–Crippen LogP) is 4.12. The molecule has 36 heavy (non-hydrogen) atoms. The molecule has 10 heteroatoms. The van der Waals surface area contributed by atoms with Crippen LogP contribution in [0.25, 0.3) is 22.4 Å². The number of carbonyl (C=O) groups excluding carboxylic acids is 2. The van der Waals surface area contributed by atoms with Gasteiger partial charge in [-0.2, -0.15) is 0 Å². The first-order valence-electron chi connectivity index (χ1n) is 11.8. The molecule has 3 aromatic rings. The quantitative estimate of drug-likeness (QED) is 0.355. The second-order valence-corrected chi connectivity index (χ2v) is 8.48. The van der Waals surface area contributed by atoms with Crippen LogP contribution >= 0.6 is 0 Å². The van der Waals surface area contributed by atoms with Crippen molar-refractivity contribution in [2.75, 3.05) is 30.4 Å². The Morgan fingerprint density at radius 1 is 1.14 bits per heavy atom. The Balaban J connectivity index is 1.73. The van der Waals surface area contributed by atoms with Gasteiger partial charge in [0.1, 0.15) is 18.2 Å². The number of halogens is 1. The van der Waals surface area contributed by atoms with Gasteiger partial charge in [0.15, 0.2) is 0 Å². The molecule has 0 atom stereocenters. The first-order valence-corrected chi connectivity index (χ1v) is 11.8. The molecule has 4 rings (SSSR count). The topological polar surface area (TPSA) is 125 Å². The Bertz CT molecular complexity index is 1280.